The third-order valence-electron chi connectivity index (χ3n) is 3.90. The first-order valence-electron chi connectivity index (χ1n) is 7.57. The van der Waals surface area contributed by atoms with E-state index >= 15 is 0 Å². The number of nitriles is 1. The standard InChI is InChI=1S/C17H20N4O2/c18-10-15(12-21-8-6-14(7-9-21)16(19)22)17(23)20-11-13-4-2-1-3-5-13/h1-5,12,14H,6-9,11H2,(H2,19,22)(H,20,23)/b15-12-. The van der Waals surface area contributed by atoms with E-state index in [-0.39, 0.29) is 17.4 Å². The van der Waals surface area contributed by atoms with Gasteiger partial charge >= 0.3 is 0 Å². The van der Waals surface area contributed by atoms with Crippen molar-refractivity contribution in [2.45, 2.75) is 19.4 Å². The van der Waals surface area contributed by atoms with Gasteiger partial charge in [-0.05, 0) is 18.4 Å². The summed E-state index contributed by atoms with van der Waals surface area (Å²) in [6.45, 7) is 1.61. The van der Waals surface area contributed by atoms with Crippen molar-refractivity contribution < 1.29 is 9.59 Å². The number of likely N-dealkylation sites (tertiary alicyclic amines) is 1. The second-order valence-corrected chi connectivity index (χ2v) is 5.54. The lowest BCUT2D eigenvalue weighted by Crippen LogP contribution is -2.36. The van der Waals surface area contributed by atoms with Gasteiger partial charge in [-0.15, -0.1) is 0 Å². The van der Waals surface area contributed by atoms with E-state index in [0.717, 1.165) is 5.56 Å². The number of hydrogen-bond donors (Lipinski definition) is 2. The molecule has 0 unspecified atom stereocenters. The van der Waals surface area contributed by atoms with Gasteiger partial charge < -0.3 is 16.0 Å². The van der Waals surface area contributed by atoms with Crippen LogP contribution in [-0.2, 0) is 16.1 Å². The molecule has 0 saturated carbocycles. The molecule has 1 heterocycles. The quantitative estimate of drug-likeness (QED) is 0.623. The average molecular weight is 312 g/mol. The molecule has 1 aromatic carbocycles. The van der Waals surface area contributed by atoms with Crippen LogP contribution in [0.1, 0.15) is 18.4 Å². The monoisotopic (exact) mass is 312 g/mol. The Balaban J connectivity index is 1.90. The maximum atomic E-state index is 12.1. The van der Waals surface area contributed by atoms with Crippen LogP contribution in [0.2, 0.25) is 0 Å². The van der Waals surface area contributed by atoms with Crippen molar-refractivity contribution in [3.63, 3.8) is 0 Å². The number of nitrogens with two attached hydrogens (primary N) is 1. The highest BCUT2D eigenvalue weighted by Crippen LogP contribution is 2.17. The molecule has 0 aromatic heterocycles. The van der Waals surface area contributed by atoms with E-state index in [1.807, 2.05) is 41.3 Å². The van der Waals surface area contributed by atoms with E-state index in [0.29, 0.717) is 32.5 Å². The highest BCUT2D eigenvalue weighted by atomic mass is 16.2. The average Bonchev–Trinajstić information content (AvgIpc) is 2.59. The molecule has 1 saturated heterocycles. The van der Waals surface area contributed by atoms with Crippen LogP contribution in [0.5, 0.6) is 0 Å². The van der Waals surface area contributed by atoms with Gasteiger partial charge in [0.25, 0.3) is 5.91 Å². The van der Waals surface area contributed by atoms with Crippen molar-refractivity contribution in [2.75, 3.05) is 13.1 Å². The van der Waals surface area contributed by atoms with Gasteiger partial charge in [0.15, 0.2) is 0 Å². The molecule has 1 aliphatic rings. The summed E-state index contributed by atoms with van der Waals surface area (Å²) < 4.78 is 0. The first-order valence-corrected chi connectivity index (χ1v) is 7.57. The molecule has 0 aliphatic carbocycles. The number of benzene rings is 1. The second-order valence-electron chi connectivity index (χ2n) is 5.54. The van der Waals surface area contributed by atoms with Crippen LogP contribution in [-0.4, -0.2) is 29.8 Å². The fraction of sp³-hybridized carbons (Fsp3) is 0.353. The minimum Gasteiger partial charge on any atom is -0.376 e. The number of amides is 2. The van der Waals surface area contributed by atoms with Crippen molar-refractivity contribution in [1.29, 1.82) is 5.26 Å². The molecule has 6 heteroatoms. The fourth-order valence-corrected chi connectivity index (χ4v) is 2.51. The van der Waals surface area contributed by atoms with Crippen LogP contribution < -0.4 is 11.1 Å². The number of primary amides is 1. The molecular formula is C17H20N4O2. The summed E-state index contributed by atoms with van der Waals surface area (Å²) in [7, 11) is 0. The van der Waals surface area contributed by atoms with Gasteiger partial charge in [-0.3, -0.25) is 9.59 Å². The van der Waals surface area contributed by atoms with E-state index in [9.17, 15) is 14.9 Å². The van der Waals surface area contributed by atoms with Crippen molar-refractivity contribution in [2.24, 2.45) is 11.7 Å². The Morgan fingerprint density at radius 1 is 1.30 bits per heavy atom. The molecule has 2 amide bonds. The molecule has 0 atom stereocenters. The van der Waals surface area contributed by atoms with E-state index in [2.05, 4.69) is 5.32 Å². The van der Waals surface area contributed by atoms with E-state index in [1.54, 1.807) is 6.20 Å². The topological polar surface area (TPSA) is 99.2 Å². The molecule has 1 aromatic rings. The minimum atomic E-state index is -0.395. The SMILES string of the molecule is N#C/C(=C/N1CCC(C(N)=O)CC1)C(=O)NCc1ccccc1. The summed E-state index contributed by atoms with van der Waals surface area (Å²) in [5.74, 6) is -0.791. The summed E-state index contributed by atoms with van der Waals surface area (Å²) in [5.41, 5.74) is 6.33. The highest BCUT2D eigenvalue weighted by Gasteiger charge is 2.22. The van der Waals surface area contributed by atoms with Crippen molar-refractivity contribution in [3.8, 4) is 6.07 Å². The fourth-order valence-electron chi connectivity index (χ4n) is 2.51. The Kier molecular flexibility index (Phi) is 5.75. The third kappa shape index (κ3) is 4.85. The first kappa shape index (κ1) is 16.6. The first-order chi connectivity index (χ1) is 11.1. The van der Waals surface area contributed by atoms with Crippen molar-refractivity contribution >= 4 is 11.8 Å². The molecule has 120 valence electrons. The molecule has 1 aliphatic heterocycles. The summed E-state index contributed by atoms with van der Waals surface area (Å²) >= 11 is 0. The predicted octanol–water partition coefficient (Wildman–Crippen LogP) is 0.908. The summed E-state index contributed by atoms with van der Waals surface area (Å²) in [5, 5.41) is 11.9. The van der Waals surface area contributed by atoms with Gasteiger partial charge in [0.05, 0.1) is 0 Å². The van der Waals surface area contributed by atoms with E-state index in [1.165, 1.54) is 0 Å². The van der Waals surface area contributed by atoms with Gasteiger partial charge in [0, 0.05) is 31.8 Å². The third-order valence-corrected chi connectivity index (χ3v) is 3.90. The number of carbonyl (C=O) groups is 2. The largest absolute Gasteiger partial charge is 0.376 e. The molecular weight excluding hydrogens is 292 g/mol. The number of carbonyl (C=O) groups excluding carboxylic acids is 2. The van der Waals surface area contributed by atoms with E-state index < -0.39 is 5.91 Å². The molecule has 23 heavy (non-hydrogen) atoms. The number of piperidine rings is 1. The lowest BCUT2D eigenvalue weighted by atomic mass is 9.96. The zero-order valence-electron chi connectivity index (χ0n) is 12.9. The molecule has 0 spiro atoms. The Morgan fingerprint density at radius 2 is 1.96 bits per heavy atom. The Labute approximate surface area is 135 Å². The van der Waals surface area contributed by atoms with Crippen LogP contribution in [0.4, 0.5) is 0 Å². The number of hydrogen-bond acceptors (Lipinski definition) is 4. The zero-order chi connectivity index (χ0) is 16.7. The maximum Gasteiger partial charge on any atom is 0.263 e. The van der Waals surface area contributed by atoms with Gasteiger partial charge in [0.1, 0.15) is 11.6 Å². The van der Waals surface area contributed by atoms with Crippen LogP contribution in [0.15, 0.2) is 42.1 Å². The number of nitrogens with zero attached hydrogens (tertiary/aromatic N) is 2. The lowest BCUT2D eigenvalue weighted by Gasteiger charge is -2.29. The van der Waals surface area contributed by atoms with Gasteiger partial charge in [-0.1, -0.05) is 30.3 Å². The summed E-state index contributed by atoms with van der Waals surface area (Å²) in [6, 6.07) is 11.4. The molecule has 0 bridgehead atoms. The Morgan fingerprint density at radius 3 is 2.52 bits per heavy atom. The van der Waals surface area contributed by atoms with Gasteiger partial charge in [-0.2, -0.15) is 5.26 Å². The number of nitrogens with one attached hydrogen (secondary N) is 1. The normalized spacial score (nSPS) is 15.8. The molecule has 1 fully saturated rings. The molecule has 2 rings (SSSR count). The molecule has 3 N–H and O–H groups in total. The highest BCUT2D eigenvalue weighted by molar-refractivity contribution is 5.97. The number of rotatable bonds is 5. The van der Waals surface area contributed by atoms with Crippen molar-refractivity contribution in [3.05, 3.63) is 47.7 Å². The van der Waals surface area contributed by atoms with Crippen molar-refractivity contribution in [1.82, 2.24) is 10.2 Å². The Hall–Kier alpha value is -2.81. The van der Waals surface area contributed by atoms with Crippen LogP contribution in [0.25, 0.3) is 0 Å². The predicted molar refractivity (Wildman–Crippen MR) is 85.5 cm³/mol. The smallest absolute Gasteiger partial charge is 0.263 e. The summed E-state index contributed by atoms with van der Waals surface area (Å²) in [4.78, 5) is 25.1. The minimum absolute atomic E-state index is 0.0680. The van der Waals surface area contributed by atoms with E-state index in [4.69, 9.17) is 5.73 Å². The molecule has 0 radical (unpaired) electrons. The maximum absolute atomic E-state index is 12.1. The zero-order valence-corrected chi connectivity index (χ0v) is 12.9. The second kappa shape index (κ2) is 7.99. The molecule has 6 nitrogen and oxygen atoms in total. The van der Waals surface area contributed by atoms with Crippen LogP contribution in [0.3, 0.4) is 0 Å². The summed E-state index contributed by atoms with van der Waals surface area (Å²) in [6.07, 6.45) is 2.86. The Bertz CT molecular complexity index is 626. The van der Waals surface area contributed by atoms with Gasteiger partial charge in [-0.25, -0.2) is 0 Å². The van der Waals surface area contributed by atoms with Crippen LogP contribution in [0, 0.1) is 17.2 Å². The van der Waals surface area contributed by atoms with Gasteiger partial charge in [0.2, 0.25) is 5.91 Å². The van der Waals surface area contributed by atoms with Crippen LogP contribution >= 0.6 is 0 Å². The lowest BCUT2D eigenvalue weighted by molar-refractivity contribution is -0.123.